The number of aryl methyl sites for hydroxylation is 1. The van der Waals surface area contributed by atoms with Gasteiger partial charge in [0.05, 0.1) is 7.11 Å². The largest absolute Gasteiger partial charge is 0.493 e. The number of carbonyl (C=O) groups excluding carboxylic acids is 2. The maximum atomic E-state index is 12.2. The van der Waals surface area contributed by atoms with Crippen LogP contribution in [0.25, 0.3) is 0 Å². The average molecular weight is 431 g/mol. The van der Waals surface area contributed by atoms with Gasteiger partial charge in [0.2, 0.25) is 0 Å². The maximum absolute atomic E-state index is 12.2. The summed E-state index contributed by atoms with van der Waals surface area (Å²) in [5.74, 6) is 0.422. The number of rotatable bonds is 8. The predicted molar refractivity (Wildman–Crippen MR) is 114 cm³/mol. The van der Waals surface area contributed by atoms with E-state index in [9.17, 15) is 9.59 Å². The lowest BCUT2D eigenvalue weighted by Gasteiger charge is -2.10. The highest BCUT2D eigenvalue weighted by Crippen LogP contribution is 2.28. The third kappa shape index (κ3) is 5.56. The summed E-state index contributed by atoms with van der Waals surface area (Å²) in [5.41, 5.74) is 2.57. The second-order valence-corrected chi connectivity index (χ2v) is 7.78. The summed E-state index contributed by atoms with van der Waals surface area (Å²) in [6.07, 6.45) is 3.13. The number of aldehydes is 1. The Labute approximate surface area is 177 Å². The molecule has 1 heterocycles. The van der Waals surface area contributed by atoms with Gasteiger partial charge in [-0.3, -0.25) is 14.9 Å². The molecule has 6 nitrogen and oxygen atoms in total. The van der Waals surface area contributed by atoms with Crippen LogP contribution in [0.15, 0.2) is 42.6 Å². The Morgan fingerprint density at radius 2 is 2.07 bits per heavy atom. The number of halogens is 1. The first kappa shape index (κ1) is 20.8. The molecule has 0 aliphatic heterocycles. The molecule has 29 heavy (non-hydrogen) atoms. The van der Waals surface area contributed by atoms with Gasteiger partial charge in [-0.25, -0.2) is 4.98 Å². The number of amides is 1. The van der Waals surface area contributed by atoms with Crippen molar-refractivity contribution in [3.63, 3.8) is 0 Å². The number of nitrogens with one attached hydrogen (secondary N) is 1. The normalized spacial score (nSPS) is 10.4. The van der Waals surface area contributed by atoms with Crippen LogP contribution in [0.2, 0.25) is 5.02 Å². The Hall–Kier alpha value is -2.90. The molecular weight excluding hydrogens is 412 g/mol. The Morgan fingerprint density at radius 1 is 1.24 bits per heavy atom. The van der Waals surface area contributed by atoms with Crippen molar-refractivity contribution in [2.75, 3.05) is 19.0 Å². The zero-order valence-corrected chi connectivity index (χ0v) is 17.5. The van der Waals surface area contributed by atoms with Gasteiger partial charge < -0.3 is 9.47 Å². The SMILES string of the molecule is COc1cc(C=O)ccc1OCC(=O)Nc1ncc(Cc2ccc(C)c(Cl)c2)s1. The average Bonchev–Trinajstić information content (AvgIpc) is 3.15. The standard InChI is InChI=1S/C21H19ClN2O4S/c1-13-3-4-14(8-17(13)22)7-16-10-23-21(29-16)24-20(26)12-28-18-6-5-15(11-25)9-19(18)27-2/h3-6,8-11H,7,12H2,1-2H3,(H,23,24,26). The highest BCUT2D eigenvalue weighted by molar-refractivity contribution is 7.15. The van der Waals surface area contributed by atoms with Crippen molar-refractivity contribution in [3.05, 3.63) is 69.2 Å². The van der Waals surface area contributed by atoms with Crippen molar-refractivity contribution < 1.29 is 19.1 Å². The number of anilines is 1. The number of benzene rings is 2. The smallest absolute Gasteiger partial charge is 0.264 e. The molecule has 0 aliphatic rings. The summed E-state index contributed by atoms with van der Waals surface area (Å²) >= 11 is 7.56. The molecule has 0 atom stereocenters. The molecule has 0 unspecified atom stereocenters. The van der Waals surface area contributed by atoms with Crippen molar-refractivity contribution in [3.8, 4) is 11.5 Å². The lowest BCUT2D eigenvalue weighted by atomic mass is 10.1. The molecule has 0 bridgehead atoms. The predicted octanol–water partition coefficient (Wildman–Crippen LogP) is 4.53. The molecule has 3 aromatic rings. The zero-order valence-electron chi connectivity index (χ0n) is 15.9. The van der Waals surface area contributed by atoms with Gasteiger partial charge in [0.1, 0.15) is 6.29 Å². The second-order valence-electron chi connectivity index (χ2n) is 6.26. The van der Waals surface area contributed by atoms with E-state index in [2.05, 4.69) is 10.3 Å². The summed E-state index contributed by atoms with van der Waals surface area (Å²) in [6, 6.07) is 10.7. The monoisotopic (exact) mass is 430 g/mol. The molecule has 1 aromatic heterocycles. The third-order valence-corrected chi connectivity index (χ3v) is 5.42. The van der Waals surface area contributed by atoms with Crippen molar-refractivity contribution in [2.24, 2.45) is 0 Å². The topological polar surface area (TPSA) is 77.5 Å². The molecule has 0 aliphatic carbocycles. The number of thiazole rings is 1. The van der Waals surface area contributed by atoms with Gasteiger partial charge in [0.25, 0.3) is 5.91 Å². The lowest BCUT2D eigenvalue weighted by molar-refractivity contribution is -0.118. The molecule has 1 N–H and O–H groups in total. The first-order valence-corrected chi connectivity index (χ1v) is 9.93. The fourth-order valence-corrected chi connectivity index (χ4v) is 3.64. The van der Waals surface area contributed by atoms with Crippen LogP contribution in [0, 0.1) is 6.92 Å². The minimum absolute atomic E-state index is 0.209. The van der Waals surface area contributed by atoms with Gasteiger partial charge in [-0.05, 0) is 42.3 Å². The van der Waals surface area contributed by atoms with E-state index in [4.69, 9.17) is 21.1 Å². The first-order chi connectivity index (χ1) is 14.0. The maximum Gasteiger partial charge on any atom is 0.264 e. The third-order valence-electron chi connectivity index (χ3n) is 4.10. The van der Waals surface area contributed by atoms with Crippen LogP contribution in [0.3, 0.4) is 0 Å². The number of methoxy groups -OCH3 is 1. The van der Waals surface area contributed by atoms with Gasteiger partial charge in [0.15, 0.2) is 23.2 Å². The van der Waals surface area contributed by atoms with Crippen molar-refractivity contribution in [1.82, 2.24) is 4.98 Å². The number of hydrogen-bond donors (Lipinski definition) is 1. The van der Waals surface area contributed by atoms with Crippen LogP contribution in [-0.4, -0.2) is 30.9 Å². The Bertz CT molecular complexity index is 1040. The van der Waals surface area contributed by atoms with Gasteiger partial charge in [-0.15, -0.1) is 11.3 Å². The number of carbonyl (C=O) groups is 2. The molecule has 8 heteroatoms. The van der Waals surface area contributed by atoms with E-state index in [1.165, 1.54) is 18.4 Å². The van der Waals surface area contributed by atoms with E-state index in [0.717, 1.165) is 21.0 Å². The molecule has 0 radical (unpaired) electrons. The molecule has 3 rings (SSSR count). The quantitative estimate of drug-likeness (QED) is 0.531. The second kappa shape index (κ2) is 9.54. The highest BCUT2D eigenvalue weighted by atomic mass is 35.5. The van der Waals surface area contributed by atoms with E-state index < -0.39 is 0 Å². The molecule has 0 spiro atoms. The van der Waals surface area contributed by atoms with E-state index >= 15 is 0 Å². The van der Waals surface area contributed by atoms with E-state index in [1.54, 1.807) is 24.4 Å². The number of hydrogen-bond acceptors (Lipinski definition) is 6. The number of ether oxygens (including phenoxy) is 2. The van der Waals surface area contributed by atoms with Crippen LogP contribution in [0.4, 0.5) is 5.13 Å². The summed E-state index contributed by atoms with van der Waals surface area (Å²) in [5, 5.41) is 3.95. The van der Waals surface area contributed by atoms with Gasteiger partial charge >= 0.3 is 0 Å². The van der Waals surface area contributed by atoms with E-state index in [1.807, 2.05) is 25.1 Å². The Morgan fingerprint density at radius 3 is 2.79 bits per heavy atom. The zero-order chi connectivity index (χ0) is 20.8. The Balaban J connectivity index is 1.56. The summed E-state index contributed by atoms with van der Waals surface area (Å²) in [6.45, 7) is 1.75. The summed E-state index contributed by atoms with van der Waals surface area (Å²) < 4.78 is 10.7. The fourth-order valence-electron chi connectivity index (χ4n) is 2.57. The fraction of sp³-hybridized carbons (Fsp3) is 0.190. The molecule has 1 amide bonds. The van der Waals surface area contributed by atoms with Crippen LogP contribution < -0.4 is 14.8 Å². The molecule has 150 valence electrons. The van der Waals surface area contributed by atoms with E-state index in [0.29, 0.717) is 34.9 Å². The number of aromatic nitrogens is 1. The molecule has 0 saturated heterocycles. The minimum atomic E-state index is -0.342. The van der Waals surface area contributed by atoms with Crippen LogP contribution >= 0.6 is 22.9 Å². The Kier molecular flexibility index (Phi) is 6.85. The summed E-state index contributed by atoms with van der Waals surface area (Å²) in [4.78, 5) is 28.3. The van der Waals surface area contributed by atoms with Crippen molar-refractivity contribution >= 4 is 40.3 Å². The lowest BCUT2D eigenvalue weighted by Crippen LogP contribution is -2.20. The molecule has 0 fully saturated rings. The molecule has 0 saturated carbocycles. The van der Waals surface area contributed by atoms with Gasteiger partial charge in [-0.1, -0.05) is 23.7 Å². The van der Waals surface area contributed by atoms with E-state index in [-0.39, 0.29) is 12.5 Å². The highest BCUT2D eigenvalue weighted by Gasteiger charge is 2.11. The van der Waals surface area contributed by atoms with Crippen LogP contribution in [0.5, 0.6) is 11.5 Å². The molecular formula is C21H19ClN2O4S. The first-order valence-electron chi connectivity index (χ1n) is 8.74. The van der Waals surface area contributed by atoms with Crippen LogP contribution in [0.1, 0.15) is 26.4 Å². The van der Waals surface area contributed by atoms with Crippen molar-refractivity contribution in [2.45, 2.75) is 13.3 Å². The van der Waals surface area contributed by atoms with Crippen LogP contribution in [-0.2, 0) is 11.2 Å². The minimum Gasteiger partial charge on any atom is -0.493 e. The molecule has 2 aromatic carbocycles. The van der Waals surface area contributed by atoms with Crippen molar-refractivity contribution in [1.29, 1.82) is 0 Å². The number of nitrogens with zero attached hydrogens (tertiary/aromatic N) is 1. The van der Waals surface area contributed by atoms with Gasteiger partial charge in [0, 0.05) is 28.1 Å². The van der Waals surface area contributed by atoms with Gasteiger partial charge in [-0.2, -0.15) is 0 Å². The summed E-state index contributed by atoms with van der Waals surface area (Å²) in [7, 11) is 1.47.